The van der Waals surface area contributed by atoms with Crippen LogP contribution in [0.2, 0.25) is 5.02 Å². The first-order valence-electron chi connectivity index (χ1n) is 9.08. The predicted molar refractivity (Wildman–Crippen MR) is 112 cm³/mol. The second kappa shape index (κ2) is 8.37. The molecule has 0 aliphatic heterocycles. The van der Waals surface area contributed by atoms with Crippen LogP contribution in [0.4, 0.5) is 0 Å². The Labute approximate surface area is 170 Å². The van der Waals surface area contributed by atoms with Gasteiger partial charge in [0.15, 0.2) is 9.84 Å². The van der Waals surface area contributed by atoms with Crippen molar-refractivity contribution in [2.24, 2.45) is 5.92 Å². The van der Waals surface area contributed by atoms with Crippen molar-refractivity contribution in [2.45, 2.75) is 31.0 Å². The van der Waals surface area contributed by atoms with Crippen molar-refractivity contribution in [1.82, 2.24) is 9.88 Å². The van der Waals surface area contributed by atoms with Gasteiger partial charge in [-0.25, -0.2) is 8.42 Å². The van der Waals surface area contributed by atoms with Crippen molar-refractivity contribution in [3.63, 3.8) is 0 Å². The highest BCUT2D eigenvalue weighted by Crippen LogP contribution is 2.28. The molecule has 0 bridgehead atoms. The third kappa shape index (κ3) is 4.75. The highest BCUT2D eigenvalue weighted by Gasteiger charge is 2.22. The lowest BCUT2D eigenvalue weighted by Gasteiger charge is -2.09. The van der Waals surface area contributed by atoms with Gasteiger partial charge >= 0.3 is 0 Å². The molecule has 0 aliphatic rings. The summed E-state index contributed by atoms with van der Waals surface area (Å²) in [6, 6.07) is 14.0. The lowest BCUT2D eigenvalue weighted by atomic mass is 10.2. The molecule has 7 heteroatoms. The second-order valence-corrected chi connectivity index (χ2v) is 9.62. The molecule has 0 aliphatic carbocycles. The Morgan fingerprint density at radius 2 is 1.79 bits per heavy atom. The van der Waals surface area contributed by atoms with Gasteiger partial charge in [-0.05, 0) is 29.7 Å². The first-order chi connectivity index (χ1) is 13.3. The molecular formula is C21H23ClN2O3S. The van der Waals surface area contributed by atoms with Gasteiger partial charge in [0.25, 0.3) is 0 Å². The summed E-state index contributed by atoms with van der Waals surface area (Å²) in [5, 5.41) is 4.05. The maximum Gasteiger partial charge on any atom is 0.239 e. The first-order valence-corrected chi connectivity index (χ1v) is 11.1. The molecule has 0 radical (unpaired) electrons. The number of fused-ring (bicyclic) bond motifs is 1. The molecule has 3 rings (SSSR count). The van der Waals surface area contributed by atoms with Crippen molar-refractivity contribution in [1.29, 1.82) is 0 Å². The van der Waals surface area contributed by atoms with E-state index in [0.717, 1.165) is 5.52 Å². The number of nitrogens with one attached hydrogen (secondary N) is 1. The molecule has 5 nitrogen and oxygen atoms in total. The number of carbonyl (C=O) groups is 1. The fourth-order valence-corrected chi connectivity index (χ4v) is 4.71. The minimum atomic E-state index is -3.59. The number of nitrogens with zero attached hydrogens (tertiary/aromatic N) is 1. The number of hydrogen-bond acceptors (Lipinski definition) is 3. The van der Waals surface area contributed by atoms with E-state index in [-0.39, 0.29) is 23.1 Å². The van der Waals surface area contributed by atoms with Gasteiger partial charge < -0.3 is 9.88 Å². The lowest BCUT2D eigenvalue weighted by Crippen LogP contribution is -2.30. The number of carbonyl (C=O) groups excluding carboxylic acids is 1. The second-order valence-electron chi connectivity index (χ2n) is 7.22. The third-order valence-corrected chi connectivity index (χ3v) is 6.34. The zero-order valence-electron chi connectivity index (χ0n) is 15.9. The summed E-state index contributed by atoms with van der Waals surface area (Å²) < 4.78 is 27.8. The van der Waals surface area contributed by atoms with Gasteiger partial charge in [0.05, 0.1) is 10.6 Å². The molecule has 2 aromatic carbocycles. The van der Waals surface area contributed by atoms with Crippen molar-refractivity contribution < 1.29 is 13.2 Å². The van der Waals surface area contributed by atoms with E-state index in [2.05, 4.69) is 5.32 Å². The van der Waals surface area contributed by atoms with Gasteiger partial charge in [0.2, 0.25) is 5.91 Å². The maximum atomic E-state index is 13.1. The molecule has 0 atom stereocenters. The summed E-state index contributed by atoms with van der Waals surface area (Å²) >= 11 is 5.88. The highest BCUT2D eigenvalue weighted by molar-refractivity contribution is 7.90. The van der Waals surface area contributed by atoms with E-state index in [4.69, 9.17) is 11.6 Å². The number of amides is 1. The summed E-state index contributed by atoms with van der Waals surface area (Å²) in [7, 11) is -3.59. The minimum absolute atomic E-state index is 0.0731. The van der Waals surface area contributed by atoms with Crippen LogP contribution in [0.3, 0.4) is 0 Å². The Balaban J connectivity index is 1.93. The quantitative estimate of drug-likeness (QED) is 0.629. The van der Waals surface area contributed by atoms with Crippen molar-refractivity contribution in [3.05, 3.63) is 65.3 Å². The molecule has 28 heavy (non-hydrogen) atoms. The van der Waals surface area contributed by atoms with Crippen LogP contribution in [0.1, 0.15) is 19.4 Å². The van der Waals surface area contributed by atoms with Gasteiger partial charge in [-0.1, -0.05) is 55.8 Å². The molecule has 1 aromatic heterocycles. The van der Waals surface area contributed by atoms with Crippen molar-refractivity contribution in [3.8, 4) is 0 Å². The number of aromatic nitrogens is 1. The van der Waals surface area contributed by atoms with Gasteiger partial charge in [0, 0.05) is 28.7 Å². The van der Waals surface area contributed by atoms with Gasteiger partial charge in [-0.3, -0.25) is 4.79 Å². The smallest absolute Gasteiger partial charge is 0.239 e. The van der Waals surface area contributed by atoms with Crippen LogP contribution >= 0.6 is 11.6 Å². The topological polar surface area (TPSA) is 68.2 Å². The molecule has 3 aromatic rings. The summed E-state index contributed by atoms with van der Waals surface area (Å²) in [4.78, 5) is 12.5. The summed E-state index contributed by atoms with van der Waals surface area (Å²) in [5.74, 6) is 0.0781. The van der Waals surface area contributed by atoms with Crippen LogP contribution < -0.4 is 5.32 Å². The van der Waals surface area contributed by atoms with E-state index in [1.54, 1.807) is 47.2 Å². The zero-order chi connectivity index (χ0) is 20.3. The van der Waals surface area contributed by atoms with Crippen molar-refractivity contribution >= 4 is 38.2 Å². The van der Waals surface area contributed by atoms with Gasteiger partial charge in [-0.2, -0.15) is 0 Å². The number of halogens is 1. The van der Waals surface area contributed by atoms with Crippen LogP contribution in [-0.4, -0.2) is 25.4 Å². The Kier molecular flexibility index (Phi) is 6.10. The normalized spacial score (nSPS) is 11.9. The third-order valence-electron chi connectivity index (χ3n) is 4.38. The van der Waals surface area contributed by atoms with E-state index < -0.39 is 9.84 Å². The van der Waals surface area contributed by atoms with Gasteiger partial charge in [0.1, 0.15) is 6.54 Å². The highest BCUT2D eigenvalue weighted by atomic mass is 35.5. The van der Waals surface area contributed by atoms with Crippen LogP contribution in [0.25, 0.3) is 10.9 Å². The van der Waals surface area contributed by atoms with Crippen LogP contribution in [-0.2, 0) is 26.9 Å². The Morgan fingerprint density at radius 3 is 2.46 bits per heavy atom. The van der Waals surface area contributed by atoms with Crippen LogP contribution in [0.5, 0.6) is 0 Å². The average molecular weight is 419 g/mol. The summed E-state index contributed by atoms with van der Waals surface area (Å²) in [6.45, 7) is 4.70. The zero-order valence-corrected chi connectivity index (χ0v) is 17.4. The molecule has 1 N–H and O–H groups in total. The van der Waals surface area contributed by atoms with E-state index in [0.29, 0.717) is 28.4 Å². The molecule has 0 spiro atoms. The summed E-state index contributed by atoms with van der Waals surface area (Å²) in [6.07, 6.45) is 1.56. The Bertz CT molecular complexity index is 1090. The largest absolute Gasteiger partial charge is 0.354 e. The standard InChI is InChI=1S/C21H23ClN2O3S/c1-15(2)11-23-21(25)13-24-12-20(18-5-3-4-6-19(18)24)28(26,27)14-16-7-9-17(22)10-8-16/h3-10,12,15H,11,13-14H2,1-2H3,(H,23,25). The molecule has 0 fully saturated rings. The first kappa shape index (κ1) is 20.4. The maximum absolute atomic E-state index is 13.1. The molecule has 0 unspecified atom stereocenters. The van der Waals surface area contributed by atoms with E-state index >= 15 is 0 Å². The Morgan fingerprint density at radius 1 is 1.11 bits per heavy atom. The molecular weight excluding hydrogens is 396 g/mol. The van der Waals surface area contributed by atoms with E-state index in [1.807, 2.05) is 26.0 Å². The fourth-order valence-electron chi connectivity index (χ4n) is 3.00. The molecule has 148 valence electrons. The number of para-hydroxylation sites is 1. The summed E-state index contributed by atoms with van der Waals surface area (Å²) in [5.41, 5.74) is 1.38. The fraction of sp³-hybridized carbons (Fsp3) is 0.286. The average Bonchev–Trinajstić information content (AvgIpc) is 3.01. The molecule has 0 saturated carbocycles. The van der Waals surface area contributed by atoms with Crippen molar-refractivity contribution in [2.75, 3.05) is 6.54 Å². The lowest BCUT2D eigenvalue weighted by molar-refractivity contribution is -0.121. The van der Waals surface area contributed by atoms with E-state index in [1.165, 1.54) is 0 Å². The predicted octanol–water partition coefficient (Wildman–Crippen LogP) is 4.04. The monoisotopic (exact) mass is 418 g/mol. The number of benzene rings is 2. The Hall–Kier alpha value is -2.31. The van der Waals surface area contributed by atoms with Gasteiger partial charge in [-0.15, -0.1) is 0 Å². The number of sulfone groups is 1. The number of rotatable bonds is 7. The molecule has 0 saturated heterocycles. The number of hydrogen-bond donors (Lipinski definition) is 1. The van der Waals surface area contributed by atoms with Crippen LogP contribution in [0, 0.1) is 5.92 Å². The SMILES string of the molecule is CC(C)CNC(=O)Cn1cc(S(=O)(=O)Cc2ccc(Cl)cc2)c2ccccc21. The molecule has 1 heterocycles. The minimum Gasteiger partial charge on any atom is -0.354 e. The van der Waals surface area contributed by atoms with Crippen LogP contribution in [0.15, 0.2) is 59.6 Å². The molecule has 1 amide bonds. The van der Waals surface area contributed by atoms with E-state index in [9.17, 15) is 13.2 Å².